The maximum Gasteiger partial charge on any atom is 0.407 e. The Hall–Kier alpha value is -4.06. The first-order valence-corrected chi connectivity index (χ1v) is 11.0. The SMILES string of the molecule is C/C=C(\C=NCC(F)(F)F)Cn1nc2c(-c3ncccn3)c(-c3ccc(Cl)cc3)c(=O)n(C)n2c1=O. The molecule has 0 amide bonds. The van der Waals surface area contributed by atoms with Gasteiger partial charge in [-0.05, 0) is 36.3 Å². The number of aliphatic imine (C=N–C) groups is 1. The molecular formula is C23H19ClF3N7O2. The molecule has 0 aliphatic carbocycles. The summed E-state index contributed by atoms with van der Waals surface area (Å²) in [7, 11) is 1.42. The standard InChI is InChI=1S/C23H19ClF3N7O2/c1-3-14(11-28-13-23(25,26)27)12-33-22(36)34-20(31-33)18(19-29-9-4-10-30-19)17(21(35)32(34)2)15-5-7-16(24)8-6-15/h3-11H,12-13H2,1-2H3/b14-3+,28-11?. The summed E-state index contributed by atoms with van der Waals surface area (Å²) in [5.41, 5.74) is 0.194. The van der Waals surface area contributed by atoms with E-state index in [9.17, 15) is 22.8 Å². The zero-order valence-electron chi connectivity index (χ0n) is 19.1. The van der Waals surface area contributed by atoms with Crippen LogP contribution in [0.2, 0.25) is 5.02 Å². The number of allylic oxidation sites excluding steroid dienone is 2. The molecule has 0 bridgehead atoms. The minimum Gasteiger partial charge on any atom is -0.283 e. The van der Waals surface area contributed by atoms with Crippen LogP contribution in [-0.4, -0.2) is 47.9 Å². The Kier molecular flexibility index (Phi) is 6.88. The first-order valence-electron chi connectivity index (χ1n) is 10.6. The van der Waals surface area contributed by atoms with E-state index >= 15 is 0 Å². The number of hydrogen-bond acceptors (Lipinski definition) is 6. The molecule has 3 aromatic heterocycles. The highest BCUT2D eigenvalue weighted by molar-refractivity contribution is 6.30. The van der Waals surface area contributed by atoms with Gasteiger partial charge in [0.15, 0.2) is 11.5 Å². The van der Waals surface area contributed by atoms with E-state index in [1.807, 2.05) is 0 Å². The summed E-state index contributed by atoms with van der Waals surface area (Å²) in [6, 6.07) is 8.17. The second-order valence-corrected chi connectivity index (χ2v) is 8.12. The van der Waals surface area contributed by atoms with E-state index in [-0.39, 0.29) is 29.1 Å². The fourth-order valence-corrected chi connectivity index (χ4v) is 3.70. The monoisotopic (exact) mass is 517 g/mol. The molecule has 0 fully saturated rings. The van der Waals surface area contributed by atoms with Crippen molar-refractivity contribution in [1.29, 1.82) is 0 Å². The van der Waals surface area contributed by atoms with Crippen molar-refractivity contribution in [3.63, 3.8) is 0 Å². The maximum absolute atomic E-state index is 13.5. The van der Waals surface area contributed by atoms with Crippen molar-refractivity contribution in [3.8, 4) is 22.5 Å². The van der Waals surface area contributed by atoms with Crippen molar-refractivity contribution >= 4 is 23.5 Å². The minimum absolute atomic E-state index is 0.0981. The van der Waals surface area contributed by atoms with Crippen LogP contribution in [0, 0.1) is 0 Å². The Balaban J connectivity index is 1.94. The molecule has 4 aromatic rings. The molecule has 0 unspecified atom stereocenters. The topological polar surface area (TPSA) is 99.4 Å². The van der Waals surface area contributed by atoms with E-state index in [4.69, 9.17) is 11.6 Å². The molecule has 1 aromatic carbocycles. The first kappa shape index (κ1) is 25.0. The predicted molar refractivity (Wildman–Crippen MR) is 129 cm³/mol. The summed E-state index contributed by atoms with van der Waals surface area (Å²) in [6.45, 7) is 0.0875. The lowest BCUT2D eigenvalue weighted by atomic mass is 10.0. The van der Waals surface area contributed by atoms with Crippen LogP contribution >= 0.6 is 11.6 Å². The molecule has 0 aliphatic heterocycles. The molecule has 0 saturated carbocycles. The number of alkyl halides is 3. The molecule has 186 valence electrons. The first-order chi connectivity index (χ1) is 17.1. The molecule has 0 aliphatic rings. The van der Waals surface area contributed by atoms with Gasteiger partial charge in [0.25, 0.3) is 5.56 Å². The molecule has 0 spiro atoms. The zero-order chi connectivity index (χ0) is 26.0. The lowest BCUT2D eigenvalue weighted by Gasteiger charge is -2.12. The van der Waals surface area contributed by atoms with Crippen LogP contribution in [-0.2, 0) is 13.6 Å². The van der Waals surface area contributed by atoms with Crippen LogP contribution in [0.1, 0.15) is 6.92 Å². The molecule has 0 saturated heterocycles. The average molecular weight is 518 g/mol. The molecule has 0 radical (unpaired) electrons. The highest BCUT2D eigenvalue weighted by Gasteiger charge is 2.26. The highest BCUT2D eigenvalue weighted by Crippen LogP contribution is 2.30. The molecule has 13 heteroatoms. The number of hydrogen-bond donors (Lipinski definition) is 0. The summed E-state index contributed by atoms with van der Waals surface area (Å²) in [4.78, 5) is 38.7. The van der Waals surface area contributed by atoms with E-state index < -0.39 is 24.0 Å². The van der Waals surface area contributed by atoms with Gasteiger partial charge in [0.1, 0.15) is 6.54 Å². The third-order valence-corrected chi connectivity index (χ3v) is 5.50. The van der Waals surface area contributed by atoms with Crippen LogP contribution < -0.4 is 11.2 Å². The highest BCUT2D eigenvalue weighted by atomic mass is 35.5. The number of nitrogens with zero attached hydrogens (tertiary/aromatic N) is 7. The van der Waals surface area contributed by atoms with Gasteiger partial charge in [0.2, 0.25) is 0 Å². The maximum atomic E-state index is 13.5. The molecule has 9 nitrogen and oxygen atoms in total. The third-order valence-electron chi connectivity index (χ3n) is 5.25. The summed E-state index contributed by atoms with van der Waals surface area (Å²) >= 11 is 6.02. The lowest BCUT2D eigenvalue weighted by molar-refractivity contribution is -0.118. The molecule has 0 atom stereocenters. The van der Waals surface area contributed by atoms with Gasteiger partial charge in [-0.15, -0.1) is 5.10 Å². The summed E-state index contributed by atoms with van der Waals surface area (Å²) in [5, 5.41) is 4.89. The van der Waals surface area contributed by atoms with Crippen molar-refractivity contribution in [2.24, 2.45) is 12.0 Å². The molecular weight excluding hydrogens is 499 g/mol. The van der Waals surface area contributed by atoms with Gasteiger partial charge < -0.3 is 0 Å². The van der Waals surface area contributed by atoms with E-state index in [0.717, 1.165) is 20.1 Å². The van der Waals surface area contributed by atoms with Crippen molar-refractivity contribution in [3.05, 3.63) is 80.2 Å². The normalized spacial score (nSPS) is 12.7. The number of benzene rings is 1. The van der Waals surface area contributed by atoms with Crippen LogP contribution in [0.5, 0.6) is 0 Å². The Morgan fingerprint density at radius 3 is 2.39 bits per heavy atom. The Morgan fingerprint density at radius 1 is 1.11 bits per heavy atom. The second-order valence-electron chi connectivity index (χ2n) is 7.68. The zero-order valence-corrected chi connectivity index (χ0v) is 19.8. The van der Waals surface area contributed by atoms with Crippen LogP contribution in [0.15, 0.2) is 69.0 Å². The fourth-order valence-electron chi connectivity index (χ4n) is 3.57. The van der Waals surface area contributed by atoms with Crippen LogP contribution in [0.4, 0.5) is 13.2 Å². The van der Waals surface area contributed by atoms with Gasteiger partial charge in [-0.1, -0.05) is 29.8 Å². The van der Waals surface area contributed by atoms with Gasteiger partial charge in [-0.2, -0.15) is 17.7 Å². The number of fused-ring (bicyclic) bond motifs is 1. The molecule has 0 N–H and O–H groups in total. The Morgan fingerprint density at radius 2 is 1.78 bits per heavy atom. The fraction of sp³-hybridized carbons (Fsp3) is 0.217. The van der Waals surface area contributed by atoms with Gasteiger partial charge in [0, 0.05) is 30.7 Å². The van der Waals surface area contributed by atoms with Crippen molar-refractivity contribution in [1.82, 2.24) is 28.9 Å². The third kappa shape index (κ3) is 4.98. The number of aromatic nitrogens is 6. The predicted octanol–water partition coefficient (Wildman–Crippen LogP) is 3.55. The number of rotatable bonds is 6. The minimum atomic E-state index is -4.45. The number of halogens is 4. The molecule has 4 rings (SSSR count). The van der Waals surface area contributed by atoms with E-state index in [1.165, 1.54) is 25.5 Å². The van der Waals surface area contributed by atoms with E-state index in [1.54, 1.807) is 37.3 Å². The quantitative estimate of drug-likeness (QED) is 0.364. The Bertz CT molecular complexity index is 1590. The van der Waals surface area contributed by atoms with Crippen LogP contribution in [0.3, 0.4) is 0 Å². The van der Waals surface area contributed by atoms with E-state index in [0.29, 0.717) is 16.2 Å². The van der Waals surface area contributed by atoms with E-state index in [2.05, 4.69) is 20.1 Å². The second kappa shape index (κ2) is 9.90. The average Bonchev–Trinajstić information content (AvgIpc) is 3.16. The van der Waals surface area contributed by atoms with Gasteiger partial charge in [-0.3, -0.25) is 9.79 Å². The van der Waals surface area contributed by atoms with Crippen molar-refractivity contribution in [2.45, 2.75) is 19.6 Å². The number of aryl methyl sites for hydroxylation is 1. The summed E-state index contributed by atoms with van der Waals surface area (Å²) in [5.74, 6) is 0.167. The smallest absolute Gasteiger partial charge is 0.283 e. The summed E-state index contributed by atoms with van der Waals surface area (Å²) in [6.07, 6.45) is 1.10. The van der Waals surface area contributed by atoms with Gasteiger partial charge >= 0.3 is 11.9 Å². The summed E-state index contributed by atoms with van der Waals surface area (Å²) < 4.78 is 40.7. The molecule has 3 heterocycles. The molecule has 36 heavy (non-hydrogen) atoms. The van der Waals surface area contributed by atoms with Gasteiger partial charge in [0.05, 0.1) is 17.7 Å². The van der Waals surface area contributed by atoms with Crippen molar-refractivity contribution in [2.75, 3.05) is 6.54 Å². The van der Waals surface area contributed by atoms with Gasteiger partial charge in [-0.25, -0.2) is 24.1 Å². The Labute approximate surface area is 206 Å². The lowest BCUT2D eigenvalue weighted by Crippen LogP contribution is -2.33. The van der Waals surface area contributed by atoms with Crippen LogP contribution in [0.25, 0.3) is 28.2 Å². The van der Waals surface area contributed by atoms with Crippen molar-refractivity contribution < 1.29 is 13.2 Å². The largest absolute Gasteiger partial charge is 0.407 e.